The lowest BCUT2D eigenvalue weighted by atomic mass is 9.84. The van der Waals surface area contributed by atoms with E-state index in [9.17, 15) is 4.79 Å². The third-order valence-corrected chi connectivity index (χ3v) is 4.84. The second-order valence-electron chi connectivity index (χ2n) is 6.32. The number of carbonyl (C=O) groups is 1. The van der Waals surface area contributed by atoms with Crippen molar-refractivity contribution >= 4 is 27.3 Å². The van der Waals surface area contributed by atoms with Crippen molar-refractivity contribution in [2.45, 2.75) is 45.1 Å². The highest BCUT2D eigenvalue weighted by Crippen LogP contribution is 2.51. The summed E-state index contributed by atoms with van der Waals surface area (Å²) >= 11 is 1.54. The van der Waals surface area contributed by atoms with Crippen LogP contribution in [0.5, 0.6) is 0 Å². The van der Waals surface area contributed by atoms with Crippen LogP contribution in [0.1, 0.15) is 55.5 Å². The van der Waals surface area contributed by atoms with E-state index in [1.807, 2.05) is 20.8 Å². The SMILES string of the molecule is CC(C)(C)OC(=O)c1c(N)sc2c1C1CCN2CC1. The number of nitrogen functional groups attached to an aromatic ring is 1. The van der Waals surface area contributed by atoms with Crippen molar-refractivity contribution in [1.82, 2.24) is 0 Å². The Morgan fingerprint density at radius 3 is 2.58 bits per heavy atom. The van der Waals surface area contributed by atoms with E-state index in [1.165, 1.54) is 16.3 Å². The zero-order valence-corrected chi connectivity index (χ0v) is 12.5. The van der Waals surface area contributed by atoms with Crippen molar-refractivity contribution in [3.8, 4) is 0 Å². The van der Waals surface area contributed by atoms with Crippen molar-refractivity contribution in [1.29, 1.82) is 0 Å². The maximum Gasteiger partial charge on any atom is 0.342 e. The molecule has 0 spiro atoms. The Bertz CT molecular complexity index is 522. The molecule has 0 unspecified atom stereocenters. The molecule has 4 heterocycles. The van der Waals surface area contributed by atoms with Gasteiger partial charge in [-0.15, -0.1) is 11.3 Å². The molecule has 4 nitrogen and oxygen atoms in total. The van der Waals surface area contributed by atoms with Crippen LogP contribution in [0.4, 0.5) is 10.0 Å². The maximum atomic E-state index is 12.4. The molecule has 4 rings (SSSR count). The van der Waals surface area contributed by atoms with Crippen molar-refractivity contribution < 1.29 is 9.53 Å². The molecule has 0 aliphatic carbocycles. The van der Waals surface area contributed by atoms with Crippen LogP contribution in [0.25, 0.3) is 0 Å². The number of nitrogens with two attached hydrogens (primary N) is 1. The zero-order valence-electron chi connectivity index (χ0n) is 11.7. The van der Waals surface area contributed by atoms with Gasteiger partial charge in [0.05, 0.1) is 10.6 Å². The first-order valence-electron chi connectivity index (χ1n) is 6.77. The number of carbonyl (C=O) groups excluding carboxylic acids is 1. The Kier molecular flexibility index (Phi) is 2.78. The molecule has 0 amide bonds. The first-order chi connectivity index (χ1) is 8.87. The Balaban J connectivity index is 2.01. The van der Waals surface area contributed by atoms with E-state index in [1.54, 1.807) is 0 Å². The topological polar surface area (TPSA) is 55.6 Å². The highest BCUT2D eigenvalue weighted by Gasteiger charge is 2.38. The lowest BCUT2D eigenvalue weighted by molar-refractivity contribution is 0.00693. The third-order valence-electron chi connectivity index (χ3n) is 3.75. The van der Waals surface area contributed by atoms with Crippen LogP contribution in [0, 0.1) is 0 Å². The Morgan fingerprint density at radius 2 is 2.00 bits per heavy atom. The highest BCUT2D eigenvalue weighted by atomic mass is 32.1. The number of piperidine rings is 1. The van der Waals surface area contributed by atoms with Gasteiger partial charge in [-0.05, 0) is 39.5 Å². The predicted molar refractivity (Wildman–Crippen MR) is 78.1 cm³/mol. The van der Waals surface area contributed by atoms with Crippen LogP contribution in [0.15, 0.2) is 0 Å². The monoisotopic (exact) mass is 280 g/mol. The second kappa shape index (κ2) is 4.13. The van der Waals surface area contributed by atoms with Crippen LogP contribution >= 0.6 is 11.3 Å². The number of nitrogens with zero attached hydrogens (tertiary/aromatic N) is 1. The smallest absolute Gasteiger partial charge is 0.342 e. The van der Waals surface area contributed by atoms with Gasteiger partial charge in [0.2, 0.25) is 0 Å². The lowest BCUT2D eigenvalue weighted by Gasteiger charge is -2.40. The fourth-order valence-corrected chi connectivity index (χ4v) is 4.17. The molecule has 2 bridgehead atoms. The molecule has 1 saturated heterocycles. The fourth-order valence-electron chi connectivity index (χ4n) is 2.97. The van der Waals surface area contributed by atoms with E-state index >= 15 is 0 Å². The van der Waals surface area contributed by atoms with Gasteiger partial charge in [-0.2, -0.15) is 0 Å². The summed E-state index contributed by atoms with van der Waals surface area (Å²) in [6, 6.07) is 0. The van der Waals surface area contributed by atoms with Crippen molar-refractivity contribution in [3.05, 3.63) is 11.1 Å². The zero-order chi connectivity index (χ0) is 13.8. The van der Waals surface area contributed by atoms with Crippen LogP contribution in [0.3, 0.4) is 0 Å². The number of hydrogen-bond donors (Lipinski definition) is 1. The van der Waals surface area contributed by atoms with Crippen LogP contribution in [-0.2, 0) is 4.74 Å². The van der Waals surface area contributed by atoms with Crippen molar-refractivity contribution in [3.63, 3.8) is 0 Å². The molecule has 19 heavy (non-hydrogen) atoms. The van der Waals surface area contributed by atoms with Gasteiger partial charge in [-0.3, -0.25) is 0 Å². The molecule has 0 atom stereocenters. The summed E-state index contributed by atoms with van der Waals surface area (Å²) in [5.74, 6) is 0.215. The van der Waals surface area contributed by atoms with E-state index in [0.29, 0.717) is 16.5 Å². The predicted octanol–water partition coefficient (Wildman–Crippen LogP) is 2.98. The van der Waals surface area contributed by atoms with Gasteiger partial charge in [0, 0.05) is 18.7 Å². The minimum Gasteiger partial charge on any atom is -0.456 e. The van der Waals surface area contributed by atoms with Crippen LogP contribution in [-0.4, -0.2) is 24.7 Å². The second-order valence-corrected chi connectivity index (χ2v) is 7.35. The summed E-state index contributed by atoms with van der Waals surface area (Å²) in [5.41, 5.74) is 7.38. The first-order valence-corrected chi connectivity index (χ1v) is 7.59. The molecule has 3 aliphatic heterocycles. The maximum absolute atomic E-state index is 12.4. The van der Waals surface area contributed by atoms with E-state index in [-0.39, 0.29) is 5.97 Å². The Morgan fingerprint density at radius 1 is 1.37 bits per heavy atom. The highest BCUT2D eigenvalue weighted by molar-refractivity contribution is 7.20. The average molecular weight is 280 g/mol. The number of esters is 1. The average Bonchev–Trinajstić information content (AvgIpc) is 2.67. The number of anilines is 2. The van der Waals surface area contributed by atoms with E-state index < -0.39 is 5.60 Å². The van der Waals surface area contributed by atoms with Gasteiger partial charge >= 0.3 is 5.97 Å². The molecular formula is C14H20N2O2S. The van der Waals surface area contributed by atoms with Gasteiger partial charge in [-0.25, -0.2) is 4.79 Å². The first kappa shape index (κ1) is 12.8. The Hall–Kier alpha value is -1.23. The molecule has 1 fully saturated rings. The number of ether oxygens (including phenoxy) is 1. The number of rotatable bonds is 1. The summed E-state index contributed by atoms with van der Waals surface area (Å²) in [6.07, 6.45) is 2.25. The molecule has 1 aromatic heterocycles. The van der Waals surface area contributed by atoms with E-state index in [0.717, 1.165) is 31.5 Å². The summed E-state index contributed by atoms with van der Waals surface area (Å²) in [7, 11) is 0. The molecular weight excluding hydrogens is 260 g/mol. The van der Waals surface area contributed by atoms with Gasteiger partial charge in [0.1, 0.15) is 10.6 Å². The van der Waals surface area contributed by atoms with Gasteiger partial charge in [-0.1, -0.05) is 0 Å². The number of fused-ring (bicyclic) bond motifs is 2. The van der Waals surface area contributed by atoms with Gasteiger partial charge in [0.15, 0.2) is 0 Å². The lowest BCUT2D eigenvalue weighted by Crippen LogP contribution is -2.38. The van der Waals surface area contributed by atoms with Crippen molar-refractivity contribution in [2.75, 3.05) is 23.7 Å². The summed E-state index contributed by atoms with van der Waals surface area (Å²) in [5, 5.41) is 1.80. The third kappa shape index (κ3) is 2.10. The van der Waals surface area contributed by atoms with E-state index in [4.69, 9.17) is 10.5 Å². The molecule has 5 heteroatoms. The largest absolute Gasteiger partial charge is 0.456 e. The molecule has 104 valence electrons. The number of thiophene rings is 1. The number of hydrogen-bond acceptors (Lipinski definition) is 5. The molecule has 0 aromatic carbocycles. The van der Waals surface area contributed by atoms with Crippen LogP contribution < -0.4 is 10.6 Å². The van der Waals surface area contributed by atoms with Crippen LogP contribution in [0.2, 0.25) is 0 Å². The summed E-state index contributed by atoms with van der Waals surface area (Å²) in [4.78, 5) is 14.7. The standard InChI is InChI=1S/C14H20N2O2S/c1-14(2,3)18-13(17)10-9-8-4-6-16(7-5-8)12(9)19-11(10)15/h8H,4-7,15H2,1-3H3. The van der Waals surface area contributed by atoms with Crippen molar-refractivity contribution in [2.24, 2.45) is 0 Å². The normalized spacial score (nSPS) is 18.6. The van der Waals surface area contributed by atoms with Gasteiger partial charge in [0.25, 0.3) is 0 Å². The molecule has 0 saturated carbocycles. The molecule has 3 aliphatic rings. The fraction of sp³-hybridized carbons (Fsp3) is 0.643. The minimum absolute atomic E-state index is 0.267. The molecule has 2 N–H and O–H groups in total. The summed E-state index contributed by atoms with van der Waals surface area (Å²) < 4.78 is 5.51. The van der Waals surface area contributed by atoms with E-state index in [2.05, 4.69) is 4.90 Å². The Labute approximate surface area is 117 Å². The van der Waals surface area contributed by atoms with Gasteiger partial charge < -0.3 is 15.4 Å². The summed E-state index contributed by atoms with van der Waals surface area (Å²) in [6.45, 7) is 7.83. The molecule has 1 aromatic rings. The quantitative estimate of drug-likeness (QED) is 0.804. The minimum atomic E-state index is -0.480. The molecule has 0 radical (unpaired) electrons.